The van der Waals surface area contributed by atoms with Gasteiger partial charge in [-0.25, -0.2) is 4.79 Å². The zero-order valence-corrected chi connectivity index (χ0v) is 22.3. The predicted octanol–water partition coefficient (Wildman–Crippen LogP) is 7.02. The van der Waals surface area contributed by atoms with Gasteiger partial charge in [0.1, 0.15) is 5.69 Å². The molecule has 0 unspecified atom stereocenters. The molecule has 0 atom stereocenters. The van der Waals surface area contributed by atoms with Crippen molar-refractivity contribution in [3.05, 3.63) is 124 Å². The minimum Gasteiger partial charge on any atom is -0.478 e. The SMILES string of the molecule is Cc1c(C)n(Cc2ccc(-c3ccccc3C(=O)O)cc2)c2ccc(C(=O)NCc3ccc(C(F)(F)F)nc3)cc12. The summed E-state index contributed by atoms with van der Waals surface area (Å²) < 4.78 is 40.4. The molecule has 6 nitrogen and oxygen atoms in total. The van der Waals surface area contributed by atoms with Crippen LogP contribution in [0.3, 0.4) is 0 Å². The van der Waals surface area contributed by atoms with Crippen LogP contribution in [0.5, 0.6) is 0 Å². The number of carboxylic acid groups (broad SMARTS) is 1. The van der Waals surface area contributed by atoms with Gasteiger partial charge in [0.25, 0.3) is 5.91 Å². The van der Waals surface area contributed by atoms with Crippen LogP contribution in [-0.2, 0) is 19.3 Å². The number of fused-ring (bicyclic) bond motifs is 1. The number of benzene rings is 3. The number of amides is 1. The van der Waals surface area contributed by atoms with Crippen molar-refractivity contribution >= 4 is 22.8 Å². The molecular weight excluding hydrogens is 531 g/mol. The molecule has 0 aliphatic carbocycles. The van der Waals surface area contributed by atoms with Gasteiger partial charge in [0.05, 0.1) is 5.56 Å². The number of hydrogen-bond donors (Lipinski definition) is 2. The van der Waals surface area contributed by atoms with Crippen molar-refractivity contribution in [1.29, 1.82) is 0 Å². The number of halogens is 3. The fourth-order valence-electron chi connectivity index (χ4n) is 4.87. The molecule has 41 heavy (non-hydrogen) atoms. The Kier molecular flexibility index (Phi) is 7.36. The van der Waals surface area contributed by atoms with Crippen LogP contribution in [0.15, 0.2) is 85.1 Å². The van der Waals surface area contributed by atoms with Crippen molar-refractivity contribution in [2.45, 2.75) is 33.1 Å². The first-order chi connectivity index (χ1) is 19.5. The molecule has 3 aromatic carbocycles. The summed E-state index contributed by atoms with van der Waals surface area (Å²) >= 11 is 0. The number of carboxylic acids is 1. The van der Waals surface area contributed by atoms with Crippen LogP contribution in [0.25, 0.3) is 22.0 Å². The lowest BCUT2D eigenvalue weighted by atomic mass is 9.99. The van der Waals surface area contributed by atoms with Crippen molar-refractivity contribution in [2.75, 3.05) is 0 Å². The lowest BCUT2D eigenvalue weighted by Crippen LogP contribution is -2.23. The number of nitrogens with zero attached hydrogens (tertiary/aromatic N) is 2. The molecule has 0 aliphatic rings. The Bertz CT molecular complexity index is 1760. The van der Waals surface area contributed by atoms with Crippen LogP contribution in [0, 0.1) is 13.8 Å². The van der Waals surface area contributed by atoms with Crippen molar-refractivity contribution in [3.8, 4) is 11.1 Å². The first-order valence-electron chi connectivity index (χ1n) is 12.8. The van der Waals surface area contributed by atoms with E-state index in [0.717, 1.165) is 45.6 Å². The maximum atomic E-state index is 12.8. The highest BCUT2D eigenvalue weighted by Gasteiger charge is 2.32. The molecule has 0 radical (unpaired) electrons. The van der Waals surface area contributed by atoms with E-state index in [2.05, 4.69) is 14.9 Å². The van der Waals surface area contributed by atoms with Gasteiger partial charge >= 0.3 is 12.1 Å². The van der Waals surface area contributed by atoms with Crippen molar-refractivity contribution in [1.82, 2.24) is 14.9 Å². The molecule has 9 heteroatoms. The fourth-order valence-corrected chi connectivity index (χ4v) is 4.87. The molecule has 0 saturated heterocycles. The van der Waals surface area contributed by atoms with Crippen LogP contribution in [0.2, 0.25) is 0 Å². The highest BCUT2D eigenvalue weighted by Crippen LogP contribution is 2.29. The molecule has 0 fully saturated rings. The standard InChI is InChI=1S/C32H26F3N3O3/c1-19-20(2)38(18-21-7-10-23(11-8-21)25-5-3-4-6-26(25)31(40)41)28-13-12-24(15-27(19)28)30(39)37-17-22-9-14-29(36-16-22)32(33,34)35/h3-16H,17-18H2,1-2H3,(H,37,39)(H,40,41). The summed E-state index contributed by atoms with van der Waals surface area (Å²) in [6, 6.07) is 22.3. The summed E-state index contributed by atoms with van der Waals surface area (Å²) in [5, 5.41) is 13.2. The highest BCUT2D eigenvalue weighted by atomic mass is 19.4. The molecule has 0 saturated carbocycles. The summed E-state index contributed by atoms with van der Waals surface area (Å²) in [6.45, 7) is 4.65. The van der Waals surface area contributed by atoms with E-state index in [1.807, 2.05) is 56.3 Å². The molecule has 208 valence electrons. The zero-order chi connectivity index (χ0) is 29.3. The van der Waals surface area contributed by atoms with E-state index in [9.17, 15) is 27.9 Å². The van der Waals surface area contributed by atoms with Crippen molar-refractivity contribution < 1.29 is 27.9 Å². The number of pyridine rings is 1. The van der Waals surface area contributed by atoms with Gasteiger partial charge in [-0.2, -0.15) is 13.2 Å². The van der Waals surface area contributed by atoms with Crippen LogP contribution in [0.4, 0.5) is 13.2 Å². The van der Waals surface area contributed by atoms with Crippen LogP contribution in [0.1, 0.15) is 48.8 Å². The topological polar surface area (TPSA) is 84.2 Å². The molecule has 0 aliphatic heterocycles. The predicted molar refractivity (Wildman–Crippen MR) is 150 cm³/mol. The minimum absolute atomic E-state index is 0.0496. The van der Waals surface area contributed by atoms with Gasteiger partial charge < -0.3 is 15.0 Å². The maximum absolute atomic E-state index is 12.8. The average Bonchev–Trinajstić information content (AvgIpc) is 3.20. The number of aryl methyl sites for hydroxylation is 1. The van der Waals surface area contributed by atoms with Gasteiger partial charge in [0.15, 0.2) is 0 Å². The number of hydrogen-bond acceptors (Lipinski definition) is 3. The third kappa shape index (κ3) is 5.70. The molecule has 5 rings (SSSR count). The lowest BCUT2D eigenvalue weighted by molar-refractivity contribution is -0.141. The number of nitrogens with one attached hydrogen (secondary N) is 1. The average molecular weight is 558 g/mol. The first-order valence-corrected chi connectivity index (χ1v) is 12.8. The monoisotopic (exact) mass is 557 g/mol. The molecule has 2 heterocycles. The summed E-state index contributed by atoms with van der Waals surface area (Å²) in [4.78, 5) is 27.9. The van der Waals surface area contributed by atoms with Crippen molar-refractivity contribution in [2.24, 2.45) is 0 Å². The summed E-state index contributed by atoms with van der Waals surface area (Å²) in [5.41, 5.74) is 5.73. The van der Waals surface area contributed by atoms with E-state index in [1.54, 1.807) is 24.3 Å². The maximum Gasteiger partial charge on any atom is 0.433 e. The number of carbonyl (C=O) groups is 2. The Balaban J connectivity index is 1.33. The van der Waals surface area contributed by atoms with E-state index in [-0.39, 0.29) is 18.0 Å². The third-order valence-electron chi connectivity index (χ3n) is 7.23. The van der Waals surface area contributed by atoms with Gasteiger partial charge in [-0.15, -0.1) is 0 Å². The van der Waals surface area contributed by atoms with Crippen LogP contribution < -0.4 is 5.32 Å². The van der Waals surface area contributed by atoms with Crippen LogP contribution in [-0.4, -0.2) is 26.5 Å². The number of alkyl halides is 3. The second-order valence-electron chi connectivity index (χ2n) is 9.81. The second-order valence-corrected chi connectivity index (χ2v) is 9.81. The minimum atomic E-state index is -4.51. The molecule has 2 N–H and O–H groups in total. The smallest absolute Gasteiger partial charge is 0.433 e. The molecule has 2 aromatic heterocycles. The third-order valence-corrected chi connectivity index (χ3v) is 7.23. The largest absolute Gasteiger partial charge is 0.478 e. The first kappa shape index (κ1) is 27.6. The van der Waals surface area contributed by atoms with E-state index >= 15 is 0 Å². The molecule has 1 amide bonds. The van der Waals surface area contributed by atoms with Gasteiger partial charge in [-0.3, -0.25) is 9.78 Å². The van der Waals surface area contributed by atoms with Gasteiger partial charge in [0, 0.05) is 41.4 Å². The number of aromatic carboxylic acids is 1. The Morgan fingerprint density at radius 3 is 2.29 bits per heavy atom. The van der Waals surface area contributed by atoms with Crippen LogP contribution >= 0.6 is 0 Å². The Labute approximate surface area is 234 Å². The number of aromatic nitrogens is 2. The van der Waals surface area contributed by atoms with Gasteiger partial charge in [-0.1, -0.05) is 48.5 Å². The zero-order valence-electron chi connectivity index (χ0n) is 22.3. The van der Waals surface area contributed by atoms with E-state index in [4.69, 9.17) is 0 Å². The fraction of sp³-hybridized carbons (Fsp3) is 0.156. The Hall–Kier alpha value is -4.92. The lowest BCUT2D eigenvalue weighted by Gasteiger charge is -2.11. The van der Waals surface area contributed by atoms with Gasteiger partial charge in [-0.05, 0) is 72.0 Å². The second kappa shape index (κ2) is 10.9. The number of rotatable bonds is 7. The molecule has 0 bridgehead atoms. The molecule has 0 spiro atoms. The number of carbonyl (C=O) groups excluding carboxylic acids is 1. The van der Waals surface area contributed by atoms with Gasteiger partial charge in [0.2, 0.25) is 0 Å². The molecule has 5 aromatic rings. The summed E-state index contributed by atoms with van der Waals surface area (Å²) in [5.74, 6) is -1.31. The summed E-state index contributed by atoms with van der Waals surface area (Å²) in [7, 11) is 0. The Morgan fingerprint density at radius 1 is 0.927 bits per heavy atom. The molecular formula is C32H26F3N3O3. The summed E-state index contributed by atoms with van der Waals surface area (Å²) in [6.07, 6.45) is -3.40. The Morgan fingerprint density at radius 2 is 1.63 bits per heavy atom. The van der Waals surface area contributed by atoms with E-state index < -0.39 is 17.8 Å². The van der Waals surface area contributed by atoms with Crippen molar-refractivity contribution in [3.63, 3.8) is 0 Å². The van der Waals surface area contributed by atoms with E-state index in [1.165, 1.54) is 6.07 Å². The highest BCUT2D eigenvalue weighted by molar-refractivity contribution is 5.99. The van der Waals surface area contributed by atoms with E-state index in [0.29, 0.717) is 23.2 Å². The quantitative estimate of drug-likeness (QED) is 0.225. The normalized spacial score (nSPS) is 11.5.